The molecule has 0 aliphatic carbocycles. The van der Waals surface area contributed by atoms with Crippen LogP contribution >= 0.6 is 0 Å². The van der Waals surface area contributed by atoms with Crippen molar-refractivity contribution in [2.75, 3.05) is 18.6 Å². The standard InChI is InChI=1S/C12H17N3O/c1-10(2)15(8-4-6-13)11-5-7-14-12(9-11)16-3/h5,7,9-10H,4,8H2,1-3H3. The summed E-state index contributed by atoms with van der Waals surface area (Å²) in [6, 6.07) is 6.33. The second-order valence-corrected chi connectivity index (χ2v) is 3.75. The molecule has 0 unspecified atom stereocenters. The second kappa shape index (κ2) is 5.96. The summed E-state index contributed by atoms with van der Waals surface area (Å²) in [5, 5.41) is 8.63. The Morgan fingerprint density at radius 3 is 2.88 bits per heavy atom. The quantitative estimate of drug-likeness (QED) is 0.762. The number of nitrogens with zero attached hydrogens (tertiary/aromatic N) is 3. The Balaban J connectivity index is 2.88. The van der Waals surface area contributed by atoms with Crippen molar-refractivity contribution in [3.63, 3.8) is 0 Å². The van der Waals surface area contributed by atoms with E-state index in [-0.39, 0.29) is 0 Å². The number of rotatable bonds is 5. The van der Waals surface area contributed by atoms with E-state index in [2.05, 4.69) is 29.8 Å². The molecule has 0 N–H and O–H groups in total. The van der Waals surface area contributed by atoms with Crippen molar-refractivity contribution >= 4 is 5.69 Å². The van der Waals surface area contributed by atoms with Gasteiger partial charge in [0.1, 0.15) is 0 Å². The van der Waals surface area contributed by atoms with Crippen molar-refractivity contribution in [3.8, 4) is 11.9 Å². The first-order valence-corrected chi connectivity index (χ1v) is 5.32. The van der Waals surface area contributed by atoms with Crippen LogP contribution in [0.5, 0.6) is 5.88 Å². The summed E-state index contributed by atoms with van der Waals surface area (Å²) in [5.41, 5.74) is 1.04. The Bertz CT molecular complexity index is 371. The molecular formula is C12H17N3O. The first-order valence-electron chi connectivity index (χ1n) is 5.32. The Labute approximate surface area is 96.5 Å². The summed E-state index contributed by atoms with van der Waals surface area (Å²) in [6.45, 7) is 4.93. The van der Waals surface area contributed by atoms with Crippen LogP contribution in [0, 0.1) is 11.3 Å². The molecule has 0 amide bonds. The van der Waals surface area contributed by atoms with Gasteiger partial charge in [-0.1, -0.05) is 0 Å². The molecule has 0 bridgehead atoms. The maximum Gasteiger partial charge on any atom is 0.214 e. The lowest BCUT2D eigenvalue weighted by atomic mass is 10.2. The third-order valence-electron chi connectivity index (χ3n) is 2.35. The van der Waals surface area contributed by atoms with Crippen molar-refractivity contribution < 1.29 is 4.74 Å². The highest BCUT2D eigenvalue weighted by Gasteiger charge is 2.10. The number of methoxy groups -OCH3 is 1. The van der Waals surface area contributed by atoms with Crippen LogP contribution in [-0.4, -0.2) is 24.7 Å². The molecule has 1 rings (SSSR count). The topological polar surface area (TPSA) is 49.1 Å². The van der Waals surface area contributed by atoms with Gasteiger partial charge in [-0.15, -0.1) is 0 Å². The van der Waals surface area contributed by atoms with Gasteiger partial charge in [-0.05, 0) is 19.9 Å². The van der Waals surface area contributed by atoms with Crippen LogP contribution < -0.4 is 9.64 Å². The number of ether oxygens (including phenoxy) is 1. The fraction of sp³-hybridized carbons (Fsp3) is 0.500. The third-order valence-corrected chi connectivity index (χ3v) is 2.35. The predicted octanol–water partition coefficient (Wildman–Crippen LogP) is 2.22. The molecule has 0 aliphatic rings. The molecule has 4 nitrogen and oxygen atoms in total. The Morgan fingerprint density at radius 2 is 2.31 bits per heavy atom. The smallest absolute Gasteiger partial charge is 0.214 e. The molecular weight excluding hydrogens is 202 g/mol. The van der Waals surface area contributed by atoms with Crippen LogP contribution in [0.15, 0.2) is 18.3 Å². The maximum absolute atomic E-state index is 8.63. The van der Waals surface area contributed by atoms with Gasteiger partial charge in [-0.25, -0.2) is 4.98 Å². The number of aromatic nitrogens is 1. The number of nitriles is 1. The summed E-state index contributed by atoms with van der Waals surface area (Å²) < 4.78 is 5.09. The van der Waals surface area contributed by atoms with Crippen LogP contribution in [-0.2, 0) is 0 Å². The van der Waals surface area contributed by atoms with Crippen LogP contribution in [0.4, 0.5) is 5.69 Å². The van der Waals surface area contributed by atoms with Gasteiger partial charge in [0, 0.05) is 30.5 Å². The highest BCUT2D eigenvalue weighted by molar-refractivity contribution is 5.48. The minimum atomic E-state index is 0.348. The van der Waals surface area contributed by atoms with E-state index >= 15 is 0 Å². The second-order valence-electron chi connectivity index (χ2n) is 3.75. The molecule has 86 valence electrons. The highest BCUT2D eigenvalue weighted by Crippen LogP contribution is 2.20. The van der Waals surface area contributed by atoms with Crippen LogP contribution in [0.2, 0.25) is 0 Å². The zero-order valence-electron chi connectivity index (χ0n) is 9.97. The fourth-order valence-electron chi connectivity index (χ4n) is 1.55. The van der Waals surface area contributed by atoms with E-state index in [0.29, 0.717) is 18.3 Å². The number of pyridine rings is 1. The summed E-state index contributed by atoms with van der Waals surface area (Å²) in [4.78, 5) is 6.23. The fourth-order valence-corrected chi connectivity index (χ4v) is 1.55. The van der Waals surface area contributed by atoms with Crippen LogP contribution in [0.3, 0.4) is 0 Å². The lowest BCUT2D eigenvalue weighted by Gasteiger charge is -2.28. The first kappa shape index (κ1) is 12.3. The molecule has 1 aromatic rings. The molecule has 1 aromatic heterocycles. The van der Waals surface area contributed by atoms with Crippen molar-refractivity contribution in [1.29, 1.82) is 5.26 Å². The van der Waals surface area contributed by atoms with Crippen molar-refractivity contribution in [2.24, 2.45) is 0 Å². The SMILES string of the molecule is COc1cc(N(CCC#N)C(C)C)ccn1. The number of hydrogen-bond donors (Lipinski definition) is 0. The number of hydrogen-bond acceptors (Lipinski definition) is 4. The molecule has 0 saturated carbocycles. The van der Waals surface area contributed by atoms with Gasteiger partial charge in [-0.3, -0.25) is 0 Å². The van der Waals surface area contributed by atoms with Gasteiger partial charge in [0.2, 0.25) is 5.88 Å². The van der Waals surface area contributed by atoms with E-state index in [1.165, 1.54) is 0 Å². The highest BCUT2D eigenvalue weighted by atomic mass is 16.5. The van der Waals surface area contributed by atoms with Gasteiger partial charge in [0.25, 0.3) is 0 Å². The van der Waals surface area contributed by atoms with Crippen molar-refractivity contribution in [1.82, 2.24) is 4.98 Å². The third kappa shape index (κ3) is 3.13. The number of anilines is 1. The molecule has 1 heterocycles. The summed E-state index contributed by atoms with van der Waals surface area (Å²) in [5.74, 6) is 0.597. The Morgan fingerprint density at radius 1 is 1.56 bits per heavy atom. The maximum atomic E-state index is 8.63. The Kier molecular flexibility index (Phi) is 4.59. The average Bonchev–Trinajstić information content (AvgIpc) is 2.29. The minimum Gasteiger partial charge on any atom is -0.481 e. The van der Waals surface area contributed by atoms with E-state index < -0.39 is 0 Å². The van der Waals surface area contributed by atoms with Gasteiger partial charge >= 0.3 is 0 Å². The zero-order valence-corrected chi connectivity index (χ0v) is 9.97. The molecule has 0 aromatic carbocycles. The first-order chi connectivity index (χ1) is 7.69. The van der Waals surface area contributed by atoms with E-state index in [1.807, 2.05) is 12.1 Å². The molecule has 0 aliphatic heterocycles. The van der Waals surface area contributed by atoms with Gasteiger partial charge in [0.05, 0.1) is 19.6 Å². The van der Waals surface area contributed by atoms with Crippen LogP contribution in [0.1, 0.15) is 20.3 Å². The van der Waals surface area contributed by atoms with E-state index in [4.69, 9.17) is 10.00 Å². The van der Waals surface area contributed by atoms with Gasteiger partial charge < -0.3 is 9.64 Å². The van der Waals surface area contributed by atoms with Gasteiger partial charge in [-0.2, -0.15) is 5.26 Å². The molecule has 0 radical (unpaired) electrons. The molecule has 0 saturated heterocycles. The van der Waals surface area contributed by atoms with Crippen LogP contribution in [0.25, 0.3) is 0 Å². The van der Waals surface area contributed by atoms with E-state index in [9.17, 15) is 0 Å². The average molecular weight is 219 g/mol. The summed E-state index contributed by atoms with van der Waals surface area (Å²) in [7, 11) is 1.60. The zero-order chi connectivity index (χ0) is 12.0. The van der Waals surface area contributed by atoms with E-state index in [0.717, 1.165) is 12.2 Å². The lowest BCUT2D eigenvalue weighted by molar-refractivity contribution is 0.398. The molecule has 16 heavy (non-hydrogen) atoms. The lowest BCUT2D eigenvalue weighted by Crippen LogP contribution is -2.31. The van der Waals surface area contributed by atoms with Crippen molar-refractivity contribution in [2.45, 2.75) is 26.3 Å². The van der Waals surface area contributed by atoms with Gasteiger partial charge in [0.15, 0.2) is 0 Å². The normalized spacial score (nSPS) is 9.94. The molecule has 4 heteroatoms. The predicted molar refractivity (Wildman–Crippen MR) is 63.5 cm³/mol. The minimum absolute atomic E-state index is 0.348. The molecule has 0 atom stereocenters. The monoisotopic (exact) mass is 219 g/mol. The largest absolute Gasteiger partial charge is 0.481 e. The molecule has 0 fully saturated rings. The summed E-state index contributed by atoms with van der Waals surface area (Å²) >= 11 is 0. The summed E-state index contributed by atoms with van der Waals surface area (Å²) in [6.07, 6.45) is 2.23. The molecule has 0 spiro atoms. The van der Waals surface area contributed by atoms with E-state index in [1.54, 1.807) is 13.3 Å². The Hall–Kier alpha value is -1.76. The van der Waals surface area contributed by atoms with Crippen molar-refractivity contribution in [3.05, 3.63) is 18.3 Å².